The van der Waals surface area contributed by atoms with Gasteiger partial charge in [0.05, 0.1) is 18.2 Å². The van der Waals surface area contributed by atoms with Crippen LogP contribution in [-0.2, 0) is 7.05 Å². The molecule has 1 fully saturated rings. The van der Waals surface area contributed by atoms with Gasteiger partial charge in [0.2, 0.25) is 0 Å². The average molecular weight is 460 g/mol. The van der Waals surface area contributed by atoms with E-state index in [0.717, 1.165) is 35.1 Å². The highest BCUT2D eigenvalue weighted by atomic mass is 16.5. The van der Waals surface area contributed by atoms with Crippen molar-refractivity contribution in [3.63, 3.8) is 0 Å². The van der Waals surface area contributed by atoms with Crippen molar-refractivity contribution >= 4 is 39.1 Å². The summed E-state index contributed by atoms with van der Waals surface area (Å²) in [6, 6.07) is 8.27. The maximum absolute atomic E-state index is 13.4. The van der Waals surface area contributed by atoms with Crippen LogP contribution in [0.3, 0.4) is 0 Å². The number of aromatic nitrogens is 4. The van der Waals surface area contributed by atoms with Crippen molar-refractivity contribution in [2.45, 2.75) is 32.9 Å². The van der Waals surface area contributed by atoms with Crippen LogP contribution in [0, 0.1) is 6.92 Å². The molecule has 4 aromatic rings. The topological polar surface area (TPSA) is 97.2 Å². The number of carbonyl (C=O) groups is 1. The van der Waals surface area contributed by atoms with Crippen molar-refractivity contribution in [2.24, 2.45) is 7.05 Å². The first kappa shape index (κ1) is 22.1. The predicted octanol–water partition coefficient (Wildman–Crippen LogP) is 3.27. The second kappa shape index (κ2) is 8.57. The number of piperazine rings is 1. The number of hydrogen-bond donors (Lipinski definition) is 2. The van der Waals surface area contributed by atoms with Crippen LogP contribution in [0.15, 0.2) is 36.7 Å². The van der Waals surface area contributed by atoms with E-state index < -0.39 is 0 Å². The molecular formula is C25H29N7O2. The lowest BCUT2D eigenvalue weighted by Crippen LogP contribution is -2.54. The Bertz CT molecular complexity index is 1390. The minimum Gasteiger partial charge on any atom is -0.494 e. The Hall–Kier alpha value is -3.72. The Balaban J connectivity index is 1.53. The molecule has 2 aromatic heterocycles. The summed E-state index contributed by atoms with van der Waals surface area (Å²) in [5.74, 6) is 0.995. The summed E-state index contributed by atoms with van der Waals surface area (Å²) in [6.45, 7) is 7.96. The fourth-order valence-corrected chi connectivity index (χ4v) is 4.83. The largest absolute Gasteiger partial charge is 0.494 e. The normalized spacial score (nSPS) is 18.4. The zero-order valence-electron chi connectivity index (χ0n) is 20.1. The number of ether oxygens (including phenoxy) is 1. The van der Waals surface area contributed by atoms with E-state index in [-0.39, 0.29) is 5.91 Å². The number of nitrogens with one attached hydrogen (secondary N) is 2. The number of hydrogen-bond acceptors (Lipinski definition) is 7. The summed E-state index contributed by atoms with van der Waals surface area (Å²) in [5.41, 5.74) is 3.59. The zero-order chi connectivity index (χ0) is 24.0. The fourth-order valence-electron chi connectivity index (χ4n) is 4.83. The average Bonchev–Trinajstić information content (AvgIpc) is 3.16. The molecule has 0 radical (unpaired) electrons. The van der Waals surface area contributed by atoms with E-state index in [9.17, 15) is 4.79 Å². The number of aryl methyl sites for hydroxylation is 2. The van der Waals surface area contributed by atoms with Crippen LogP contribution < -0.4 is 20.3 Å². The van der Waals surface area contributed by atoms with Crippen LogP contribution in [-0.4, -0.2) is 57.9 Å². The molecule has 0 saturated carbocycles. The number of anilines is 2. The lowest BCUT2D eigenvalue weighted by molar-refractivity contribution is 0.102. The number of methoxy groups -OCH3 is 1. The highest BCUT2D eigenvalue weighted by Crippen LogP contribution is 2.32. The number of nitrogens with zero attached hydrogens (tertiary/aromatic N) is 5. The maximum Gasteiger partial charge on any atom is 0.257 e. The van der Waals surface area contributed by atoms with Gasteiger partial charge in [-0.05, 0) is 39.0 Å². The Morgan fingerprint density at radius 2 is 1.94 bits per heavy atom. The van der Waals surface area contributed by atoms with Gasteiger partial charge in [-0.3, -0.25) is 9.48 Å². The van der Waals surface area contributed by atoms with Crippen molar-refractivity contribution in [1.82, 2.24) is 25.1 Å². The highest BCUT2D eigenvalue weighted by molar-refractivity contribution is 6.14. The van der Waals surface area contributed by atoms with Gasteiger partial charge in [0.1, 0.15) is 17.1 Å². The van der Waals surface area contributed by atoms with E-state index in [1.54, 1.807) is 17.9 Å². The van der Waals surface area contributed by atoms with Gasteiger partial charge in [-0.15, -0.1) is 0 Å². The molecule has 176 valence electrons. The SMILES string of the molecule is COc1cc(NC(=O)c2ccc(N3C[C@H](C)N[C@@H](C)C3)c3cnc(C)nc23)cc2cn(C)nc12. The van der Waals surface area contributed by atoms with E-state index in [4.69, 9.17) is 4.74 Å². The third-order valence-corrected chi connectivity index (χ3v) is 6.16. The molecular weight excluding hydrogens is 430 g/mol. The molecule has 1 aliphatic rings. The first-order chi connectivity index (χ1) is 16.3. The third-order valence-electron chi connectivity index (χ3n) is 6.16. The van der Waals surface area contributed by atoms with Gasteiger partial charge >= 0.3 is 0 Å². The number of fused-ring (bicyclic) bond motifs is 2. The number of rotatable bonds is 4. The number of carbonyl (C=O) groups excluding carboxylic acids is 1. The maximum atomic E-state index is 13.4. The van der Waals surface area contributed by atoms with Crippen LogP contribution in [0.2, 0.25) is 0 Å². The summed E-state index contributed by atoms with van der Waals surface area (Å²) in [4.78, 5) is 24.9. The lowest BCUT2D eigenvalue weighted by atomic mass is 10.0. The van der Waals surface area contributed by atoms with Crippen molar-refractivity contribution in [1.29, 1.82) is 0 Å². The molecule has 0 spiro atoms. The van der Waals surface area contributed by atoms with Gasteiger partial charge < -0.3 is 20.3 Å². The van der Waals surface area contributed by atoms with E-state index in [1.165, 1.54) is 0 Å². The predicted molar refractivity (Wildman–Crippen MR) is 134 cm³/mol. The van der Waals surface area contributed by atoms with Crippen molar-refractivity contribution < 1.29 is 9.53 Å². The standard InChI is InChI=1S/C25H29N7O2/c1-14-11-32(12-15(2)27-14)21-7-6-19(24-20(21)10-26-16(3)28-24)25(33)29-18-8-17-13-31(4)30-23(17)22(9-18)34-5/h6-10,13-15,27H,11-12H2,1-5H3,(H,29,33)/t14-,15-/m0/s1. The van der Waals surface area contributed by atoms with Crippen LogP contribution in [0.4, 0.5) is 11.4 Å². The number of amides is 1. The second-order valence-corrected chi connectivity index (χ2v) is 9.06. The van der Waals surface area contributed by atoms with Crippen LogP contribution in [0.25, 0.3) is 21.8 Å². The van der Waals surface area contributed by atoms with Crippen molar-refractivity contribution in [2.75, 3.05) is 30.4 Å². The summed E-state index contributed by atoms with van der Waals surface area (Å²) in [6.07, 6.45) is 3.72. The molecule has 0 aliphatic carbocycles. The summed E-state index contributed by atoms with van der Waals surface area (Å²) in [5, 5.41) is 12.8. The third kappa shape index (κ3) is 4.03. The molecule has 1 aliphatic heterocycles. The van der Waals surface area contributed by atoms with Gasteiger partial charge in [-0.1, -0.05) is 0 Å². The minimum atomic E-state index is -0.234. The minimum absolute atomic E-state index is 0.234. The summed E-state index contributed by atoms with van der Waals surface area (Å²) in [7, 11) is 3.45. The molecule has 3 heterocycles. The van der Waals surface area contributed by atoms with Crippen molar-refractivity contribution in [3.8, 4) is 5.75 Å². The molecule has 2 atom stereocenters. The molecule has 9 nitrogen and oxygen atoms in total. The Morgan fingerprint density at radius 3 is 2.68 bits per heavy atom. The fraction of sp³-hybridized carbons (Fsp3) is 0.360. The van der Waals surface area contributed by atoms with Gasteiger partial charge in [-0.25, -0.2) is 9.97 Å². The summed E-state index contributed by atoms with van der Waals surface area (Å²) >= 11 is 0. The molecule has 0 unspecified atom stereocenters. The van der Waals surface area contributed by atoms with E-state index >= 15 is 0 Å². The Labute approximate surface area is 198 Å². The first-order valence-corrected chi connectivity index (χ1v) is 11.4. The van der Waals surface area contributed by atoms with Gasteiger partial charge in [0.25, 0.3) is 5.91 Å². The van der Waals surface area contributed by atoms with E-state index in [2.05, 4.69) is 44.4 Å². The van der Waals surface area contributed by atoms with Gasteiger partial charge in [-0.2, -0.15) is 5.10 Å². The van der Waals surface area contributed by atoms with Crippen LogP contribution >= 0.6 is 0 Å². The Morgan fingerprint density at radius 1 is 1.18 bits per heavy atom. The molecule has 9 heteroatoms. The van der Waals surface area contributed by atoms with Crippen LogP contribution in [0.1, 0.15) is 30.0 Å². The lowest BCUT2D eigenvalue weighted by Gasteiger charge is -2.38. The first-order valence-electron chi connectivity index (χ1n) is 11.4. The quantitative estimate of drug-likeness (QED) is 0.483. The van der Waals surface area contributed by atoms with E-state index in [1.807, 2.05) is 44.6 Å². The van der Waals surface area contributed by atoms with Gasteiger partial charge in [0.15, 0.2) is 0 Å². The second-order valence-electron chi connectivity index (χ2n) is 9.06. The molecule has 5 rings (SSSR count). The molecule has 0 bridgehead atoms. The molecule has 2 N–H and O–H groups in total. The molecule has 1 saturated heterocycles. The monoisotopic (exact) mass is 459 g/mol. The Kier molecular flexibility index (Phi) is 5.57. The molecule has 34 heavy (non-hydrogen) atoms. The number of benzene rings is 2. The van der Waals surface area contributed by atoms with Crippen molar-refractivity contribution in [3.05, 3.63) is 48.0 Å². The smallest absolute Gasteiger partial charge is 0.257 e. The zero-order valence-corrected chi connectivity index (χ0v) is 20.1. The highest BCUT2D eigenvalue weighted by Gasteiger charge is 2.24. The summed E-state index contributed by atoms with van der Waals surface area (Å²) < 4.78 is 7.22. The molecule has 2 aromatic carbocycles. The van der Waals surface area contributed by atoms with Gasteiger partial charge in [0, 0.05) is 72.8 Å². The van der Waals surface area contributed by atoms with Crippen LogP contribution in [0.5, 0.6) is 5.75 Å². The molecule has 1 amide bonds. The van der Waals surface area contributed by atoms with E-state index in [0.29, 0.717) is 40.4 Å².